The molecule has 0 N–H and O–H groups in total. The van der Waals surface area contributed by atoms with E-state index in [1.807, 2.05) is 37.3 Å². The standard InChI is InChI=1S/C21H19FO2/c1-2-3-17-14-23-21(24-15-17)13-6-16-4-7-18(8-5-16)19-9-11-20(22)12-10-19/h2-5,7-12,17,21H,14-15H2,1H3/b3-2+/t17-,21-. The fraction of sp³-hybridized carbons (Fsp3) is 0.238. The van der Waals surface area contributed by atoms with Crippen LogP contribution < -0.4 is 0 Å². The summed E-state index contributed by atoms with van der Waals surface area (Å²) in [6, 6.07) is 14.3. The summed E-state index contributed by atoms with van der Waals surface area (Å²) in [6.07, 6.45) is 3.62. The minimum absolute atomic E-state index is 0.231. The van der Waals surface area contributed by atoms with Crippen molar-refractivity contribution < 1.29 is 13.9 Å². The second-order valence-electron chi connectivity index (χ2n) is 5.64. The molecule has 0 unspecified atom stereocenters. The smallest absolute Gasteiger partial charge is 0.222 e. The first-order valence-corrected chi connectivity index (χ1v) is 7.98. The molecule has 0 radical (unpaired) electrons. The molecule has 0 aliphatic carbocycles. The van der Waals surface area contributed by atoms with Crippen molar-refractivity contribution in [3.63, 3.8) is 0 Å². The first-order valence-electron chi connectivity index (χ1n) is 7.98. The van der Waals surface area contributed by atoms with Crippen molar-refractivity contribution >= 4 is 0 Å². The zero-order valence-electron chi connectivity index (χ0n) is 13.5. The number of benzene rings is 2. The molecule has 2 aromatic rings. The van der Waals surface area contributed by atoms with Crippen molar-refractivity contribution in [3.8, 4) is 23.0 Å². The van der Waals surface area contributed by atoms with Crippen LogP contribution in [0.4, 0.5) is 4.39 Å². The van der Waals surface area contributed by atoms with E-state index in [0.29, 0.717) is 19.1 Å². The largest absolute Gasteiger partial charge is 0.341 e. The van der Waals surface area contributed by atoms with Crippen LogP contribution in [0, 0.1) is 23.6 Å². The minimum Gasteiger partial charge on any atom is -0.341 e. The Bertz CT molecular complexity index is 743. The Kier molecular flexibility index (Phi) is 5.43. The van der Waals surface area contributed by atoms with Gasteiger partial charge in [-0.25, -0.2) is 4.39 Å². The van der Waals surface area contributed by atoms with E-state index in [-0.39, 0.29) is 5.82 Å². The van der Waals surface area contributed by atoms with Crippen LogP contribution in [0.15, 0.2) is 60.7 Å². The molecule has 3 heteroatoms. The first kappa shape index (κ1) is 16.4. The van der Waals surface area contributed by atoms with Crippen molar-refractivity contribution in [1.29, 1.82) is 0 Å². The molecule has 1 fully saturated rings. The molecular weight excluding hydrogens is 303 g/mol. The van der Waals surface area contributed by atoms with Gasteiger partial charge >= 0.3 is 0 Å². The van der Waals surface area contributed by atoms with Gasteiger partial charge in [0.1, 0.15) is 5.82 Å². The van der Waals surface area contributed by atoms with Gasteiger partial charge in [0.2, 0.25) is 6.29 Å². The van der Waals surface area contributed by atoms with Gasteiger partial charge in [0.15, 0.2) is 0 Å². The van der Waals surface area contributed by atoms with E-state index in [0.717, 1.165) is 16.7 Å². The van der Waals surface area contributed by atoms with Crippen molar-refractivity contribution in [1.82, 2.24) is 0 Å². The summed E-state index contributed by atoms with van der Waals surface area (Å²) >= 11 is 0. The van der Waals surface area contributed by atoms with Gasteiger partial charge in [-0.3, -0.25) is 0 Å². The first-order chi connectivity index (χ1) is 11.7. The predicted octanol–water partition coefficient (Wildman–Crippen LogP) is 4.41. The summed E-state index contributed by atoms with van der Waals surface area (Å²) in [5, 5.41) is 0. The van der Waals surface area contributed by atoms with Crippen LogP contribution in [0.5, 0.6) is 0 Å². The highest BCUT2D eigenvalue weighted by Crippen LogP contribution is 2.20. The molecule has 24 heavy (non-hydrogen) atoms. The van der Waals surface area contributed by atoms with Gasteiger partial charge in [0, 0.05) is 11.5 Å². The molecule has 3 rings (SSSR count). The molecule has 0 saturated carbocycles. The maximum atomic E-state index is 13.0. The third-order valence-corrected chi connectivity index (χ3v) is 3.78. The summed E-state index contributed by atoms with van der Waals surface area (Å²) in [5.41, 5.74) is 2.90. The second kappa shape index (κ2) is 7.92. The monoisotopic (exact) mass is 322 g/mol. The Hall–Kier alpha value is -2.41. The third-order valence-electron chi connectivity index (χ3n) is 3.78. The molecule has 2 aromatic carbocycles. The van der Waals surface area contributed by atoms with E-state index < -0.39 is 6.29 Å². The number of hydrogen-bond donors (Lipinski definition) is 0. The Morgan fingerprint density at radius 3 is 2.12 bits per heavy atom. The number of allylic oxidation sites excluding steroid dienone is 1. The molecule has 0 amide bonds. The fourth-order valence-corrected chi connectivity index (χ4v) is 2.52. The highest BCUT2D eigenvalue weighted by atomic mass is 19.1. The zero-order valence-corrected chi connectivity index (χ0v) is 13.5. The maximum Gasteiger partial charge on any atom is 0.222 e. The van der Waals surface area contributed by atoms with E-state index in [1.165, 1.54) is 12.1 Å². The van der Waals surface area contributed by atoms with Gasteiger partial charge in [0.25, 0.3) is 0 Å². The van der Waals surface area contributed by atoms with Crippen LogP contribution in [-0.2, 0) is 9.47 Å². The van der Waals surface area contributed by atoms with Gasteiger partial charge in [-0.05, 0) is 48.2 Å². The predicted molar refractivity (Wildman–Crippen MR) is 92.7 cm³/mol. The Labute approximate surface area is 141 Å². The molecule has 0 bridgehead atoms. The number of hydrogen-bond acceptors (Lipinski definition) is 2. The molecule has 2 nitrogen and oxygen atoms in total. The molecule has 1 aliphatic rings. The summed E-state index contributed by atoms with van der Waals surface area (Å²) in [5.74, 6) is 6.15. The zero-order chi connectivity index (χ0) is 16.8. The van der Waals surface area contributed by atoms with E-state index in [2.05, 4.69) is 17.9 Å². The minimum atomic E-state index is -0.469. The number of rotatable bonds is 2. The molecule has 0 spiro atoms. The van der Waals surface area contributed by atoms with E-state index >= 15 is 0 Å². The molecule has 1 aliphatic heterocycles. The van der Waals surface area contributed by atoms with Crippen LogP contribution in [0.1, 0.15) is 12.5 Å². The molecule has 0 atom stereocenters. The summed E-state index contributed by atoms with van der Waals surface area (Å²) < 4.78 is 24.1. The molecular formula is C21H19FO2. The lowest BCUT2D eigenvalue weighted by Gasteiger charge is -2.24. The lowest BCUT2D eigenvalue weighted by molar-refractivity contribution is -0.160. The van der Waals surface area contributed by atoms with Crippen molar-refractivity contribution in [2.45, 2.75) is 13.2 Å². The summed E-state index contributed by atoms with van der Waals surface area (Å²) in [4.78, 5) is 0. The van der Waals surface area contributed by atoms with Crippen molar-refractivity contribution in [2.75, 3.05) is 13.2 Å². The molecule has 1 heterocycles. The van der Waals surface area contributed by atoms with Crippen LogP contribution in [0.2, 0.25) is 0 Å². The third kappa shape index (κ3) is 4.32. The molecule has 1 saturated heterocycles. The van der Waals surface area contributed by atoms with Gasteiger partial charge in [-0.2, -0.15) is 0 Å². The van der Waals surface area contributed by atoms with E-state index in [9.17, 15) is 4.39 Å². The van der Waals surface area contributed by atoms with Crippen LogP contribution in [0.25, 0.3) is 11.1 Å². The normalized spacial score (nSPS) is 20.6. The average Bonchev–Trinajstić information content (AvgIpc) is 2.63. The number of halogens is 1. The van der Waals surface area contributed by atoms with Crippen LogP contribution in [-0.4, -0.2) is 19.5 Å². The molecule has 122 valence electrons. The quantitative estimate of drug-likeness (QED) is 0.602. The van der Waals surface area contributed by atoms with Gasteiger partial charge in [-0.15, -0.1) is 0 Å². The van der Waals surface area contributed by atoms with E-state index in [4.69, 9.17) is 9.47 Å². The Balaban J connectivity index is 1.62. The van der Waals surface area contributed by atoms with Crippen molar-refractivity contribution in [3.05, 3.63) is 72.1 Å². The second-order valence-corrected chi connectivity index (χ2v) is 5.64. The average molecular weight is 322 g/mol. The van der Waals surface area contributed by atoms with Crippen LogP contribution >= 0.6 is 0 Å². The molecule has 0 aromatic heterocycles. The SMILES string of the molecule is C/C=C/[C@H]1CO[C@H](C#Cc2ccc(-c3ccc(F)cc3)cc2)OC1. The summed E-state index contributed by atoms with van der Waals surface area (Å²) in [7, 11) is 0. The lowest BCUT2D eigenvalue weighted by Crippen LogP contribution is -2.30. The number of ether oxygens (including phenoxy) is 2. The van der Waals surface area contributed by atoms with Crippen molar-refractivity contribution in [2.24, 2.45) is 5.92 Å². The maximum absolute atomic E-state index is 13.0. The fourth-order valence-electron chi connectivity index (χ4n) is 2.52. The Morgan fingerprint density at radius 1 is 0.958 bits per heavy atom. The van der Waals surface area contributed by atoms with E-state index in [1.54, 1.807) is 12.1 Å². The Morgan fingerprint density at radius 2 is 1.54 bits per heavy atom. The topological polar surface area (TPSA) is 18.5 Å². The summed E-state index contributed by atoms with van der Waals surface area (Å²) in [6.45, 7) is 3.25. The van der Waals surface area contributed by atoms with Crippen LogP contribution in [0.3, 0.4) is 0 Å². The van der Waals surface area contributed by atoms with Gasteiger partial charge < -0.3 is 9.47 Å². The van der Waals surface area contributed by atoms with Gasteiger partial charge in [0.05, 0.1) is 13.2 Å². The highest BCUT2D eigenvalue weighted by Gasteiger charge is 2.18. The highest BCUT2D eigenvalue weighted by molar-refractivity contribution is 5.64. The van der Waals surface area contributed by atoms with Gasteiger partial charge in [-0.1, -0.05) is 42.3 Å². The lowest BCUT2D eigenvalue weighted by atomic mass is 10.0.